The van der Waals surface area contributed by atoms with Crippen molar-refractivity contribution in [1.29, 1.82) is 0 Å². The Balaban J connectivity index is 0.000000238. The fraction of sp³-hybridized carbons (Fsp3) is 0.625. The van der Waals surface area contributed by atoms with Crippen LogP contribution in [0.25, 0.3) is 22.1 Å². The van der Waals surface area contributed by atoms with Crippen LogP contribution in [0.3, 0.4) is 0 Å². The Bertz CT molecular complexity index is 1620. The number of hydrogen-bond donors (Lipinski definition) is 2. The SMILES string of the molecule is C.C.C.CN(C)CCc1ccc2c(c1)nc1n2CCN(C2CCC2)CC1.NCCc1ccc2c(c1)nc1n2CCN(C2CCC2)CC1.O=CO. The highest BCUT2D eigenvalue weighted by Gasteiger charge is 2.28. The van der Waals surface area contributed by atoms with Crippen molar-refractivity contribution in [3.63, 3.8) is 0 Å². The number of imidazole rings is 2. The topological polar surface area (TPSA) is 109 Å². The number of carboxylic acid groups (broad SMARTS) is 1. The van der Waals surface area contributed by atoms with Crippen molar-refractivity contribution in [2.45, 2.75) is 112 Å². The zero-order chi connectivity index (χ0) is 32.8. The monoisotopic (exact) mass is 691 g/mol. The van der Waals surface area contributed by atoms with Crippen LogP contribution in [-0.2, 0) is 43.6 Å². The lowest BCUT2D eigenvalue weighted by Crippen LogP contribution is -2.41. The first-order chi connectivity index (χ1) is 23.0. The zero-order valence-electron chi connectivity index (χ0n) is 28.5. The van der Waals surface area contributed by atoms with E-state index in [2.05, 4.69) is 74.3 Å². The van der Waals surface area contributed by atoms with Crippen LogP contribution in [0.2, 0.25) is 0 Å². The summed E-state index contributed by atoms with van der Waals surface area (Å²) in [5.74, 6) is 2.54. The fourth-order valence-corrected chi connectivity index (χ4v) is 7.56. The molecule has 10 nitrogen and oxygen atoms in total. The van der Waals surface area contributed by atoms with E-state index in [1.807, 2.05) is 0 Å². The molecule has 2 aliphatic carbocycles. The number of nitrogens with two attached hydrogens (primary N) is 1. The van der Waals surface area contributed by atoms with E-state index < -0.39 is 0 Å². The highest BCUT2D eigenvalue weighted by molar-refractivity contribution is 5.77. The molecular weight excluding hydrogens is 624 g/mol. The van der Waals surface area contributed by atoms with Gasteiger partial charge in [-0.25, -0.2) is 9.97 Å². The lowest BCUT2D eigenvalue weighted by atomic mass is 9.91. The van der Waals surface area contributed by atoms with Crippen LogP contribution < -0.4 is 5.73 Å². The smallest absolute Gasteiger partial charge is 0.290 e. The molecule has 0 spiro atoms. The van der Waals surface area contributed by atoms with Crippen molar-refractivity contribution in [2.24, 2.45) is 5.73 Å². The summed E-state index contributed by atoms with van der Waals surface area (Å²) in [4.78, 5) is 25.8. The fourth-order valence-electron chi connectivity index (χ4n) is 7.56. The van der Waals surface area contributed by atoms with Gasteiger partial charge in [-0.2, -0.15) is 0 Å². The van der Waals surface area contributed by atoms with E-state index in [0.717, 1.165) is 62.9 Å². The average Bonchev–Trinajstić information content (AvgIpc) is 3.37. The number of likely N-dealkylation sites (N-methyl/N-ethyl adjacent to an activating group) is 1. The van der Waals surface area contributed by atoms with Gasteiger partial charge in [0.1, 0.15) is 11.6 Å². The van der Waals surface area contributed by atoms with Gasteiger partial charge in [-0.3, -0.25) is 14.6 Å². The van der Waals surface area contributed by atoms with Crippen molar-refractivity contribution < 1.29 is 9.90 Å². The number of nitrogens with zero attached hydrogens (tertiary/aromatic N) is 7. The van der Waals surface area contributed by atoms with Crippen molar-refractivity contribution in [3.8, 4) is 0 Å². The summed E-state index contributed by atoms with van der Waals surface area (Å²) in [7, 11) is 4.26. The van der Waals surface area contributed by atoms with Gasteiger partial charge < -0.3 is 24.9 Å². The standard InChI is InChI=1S/C19H28N4.C17H24N4.CH2O2.3CH4/c1-21(2)10-8-15-6-7-18-17(14-15)20-19-9-11-22(12-13-23(18)19)16-4-3-5-16;18-8-6-13-4-5-16-15(12-13)19-17-7-9-20(10-11-21(16)17)14-2-1-3-14;2-1-3;;;/h6-7,14,16H,3-5,8-13H2,1-2H3;4-5,12,14H,1-3,6-11,18H2;1H,(H,2,3);3*1H4. The number of rotatable bonds is 7. The second kappa shape index (κ2) is 19.3. The zero-order valence-corrected chi connectivity index (χ0v) is 28.5. The Morgan fingerprint density at radius 3 is 1.56 bits per heavy atom. The summed E-state index contributed by atoms with van der Waals surface area (Å²) in [6.45, 7) is 8.44. The van der Waals surface area contributed by atoms with Gasteiger partial charge in [0.05, 0.1) is 22.1 Å². The quantitative estimate of drug-likeness (QED) is 0.224. The number of hydrogen-bond acceptors (Lipinski definition) is 7. The third-order valence-electron chi connectivity index (χ3n) is 10.7. The summed E-state index contributed by atoms with van der Waals surface area (Å²) < 4.78 is 4.89. The number of fused-ring (bicyclic) bond motifs is 6. The molecule has 0 unspecified atom stereocenters. The molecule has 0 atom stereocenters. The third-order valence-corrected chi connectivity index (χ3v) is 10.7. The largest absolute Gasteiger partial charge is 0.483 e. The van der Waals surface area contributed by atoms with Crippen LogP contribution in [0, 0.1) is 0 Å². The summed E-state index contributed by atoms with van der Waals surface area (Å²) >= 11 is 0. The molecule has 2 saturated carbocycles. The van der Waals surface area contributed by atoms with Crippen molar-refractivity contribution >= 4 is 28.5 Å². The van der Waals surface area contributed by atoms with Gasteiger partial charge in [0.15, 0.2) is 0 Å². The molecule has 8 rings (SSSR count). The average molecular weight is 691 g/mol. The van der Waals surface area contributed by atoms with Gasteiger partial charge in [0.25, 0.3) is 6.47 Å². The van der Waals surface area contributed by atoms with Crippen molar-refractivity contribution in [2.75, 3.05) is 53.4 Å². The molecule has 10 heteroatoms. The Hall–Kier alpha value is -3.31. The van der Waals surface area contributed by atoms with E-state index in [0.29, 0.717) is 6.54 Å². The van der Waals surface area contributed by atoms with Gasteiger partial charge in [0.2, 0.25) is 0 Å². The van der Waals surface area contributed by atoms with Gasteiger partial charge in [-0.15, -0.1) is 0 Å². The van der Waals surface area contributed by atoms with Crippen LogP contribution in [0.4, 0.5) is 0 Å². The Morgan fingerprint density at radius 1 is 0.740 bits per heavy atom. The lowest BCUT2D eigenvalue weighted by molar-refractivity contribution is -0.122. The summed E-state index contributed by atoms with van der Waals surface area (Å²) in [6.07, 6.45) is 12.6. The number of carbonyl (C=O) groups is 1. The van der Waals surface area contributed by atoms with Gasteiger partial charge in [0, 0.05) is 70.7 Å². The predicted molar refractivity (Wildman–Crippen MR) is 209 cm³/mol. The van der Waals surface area contributed by atoms with Crippen LogP contribution in [-0.4, -0.2) is 111 Å². The molecule has 0 saturated heterocycles. The first-order valence-corrected chi connectivity index (χ1v) is 17.8. The summed E-state index contributed by atoms with van der Waals surface area (Å²) in [6, 6.07) is 15.2. The number of benzene rings is 2. The van der Waals surface area contributed by atoms with Crippen molar-refractivity contribution in [1.82, 2.24) is 33.8 Å². The Labute approximate surface area is 301 Å². The van der Waals surface area contributed by atoms with E-state index >= 15 is 0 Å². The van der Waals surface area contributed by atoms with Gasteiger partial charge >= 0.3 is 0 Å². The normalized spacial score (nSPS) is 17.8. The minimum atomic E-state index is -0.250. The molecule has 4 heterocycles. The Morgan fingerprint density at radius 2 is 1.18 bits per heavy atom. The molecule has 3 N–H and O–H groups in total. The Kier molecular flexibility index (Phi) is 15.9. The highest BCUT2D eigenvalue weighted by atomic mass is 16.3. The van der Waals surface area contributed by atoms with Crippen LogP contribution in [0.15, 0.2) is 36.4 Å². The number of aromatic nitrogens is 4. The molecule has 4 aliphatic rings. The maximum absolute atomic E-state index is 8.36. The molecule has 2 aromatic carbocycles. The molecule has 0 amide bonds. The summed E-state index contributed by atoms with van der Waals surface area (Å²) in [5.41, 5.74) is 13.3. The minimum absolute atomic E-state index is 0. The van der Waals surface area contributed by atoms with E-state index in [1.54, 1.807) is 0 Å². The maximum Gasteiger partial charge on any atom is 0.290 e. The lowest BCUT2D eigenvalue weighted by Gasteiger charge is -2.36. The molecule has 4 aromatic rings. The van der Waals surface area contributed by atoms with E-state index in [4.69, 9.17) is 25.6 Å². The highest BCUT2D eigenvalue weighted by Crippen LogP contribution is 2.29. The molecule has 50 heavy (non-hydrogen) atoms. The van der Waals surface area contributed by atoms with Crippen LogP contribution >= 0.6 is 0 Å². The molecule has 2 fully saturated rings. The first-order valence-electron chi connectivity index (χ1n) is 17.8. The summed E-state index contributed by atoms with van der Waals surface area (Å²) in [5, 5.41) is 6.89. The van der Waals surface area contributed by atoms with E-state index in [-0.39, 0.29) is 28.8 Å². The molecule has 2 aliphatic heterocycles. The molecular formula is C40H66N8O2. The minimum Gasteiger partial charge on any atom is -0.483 e. The first kappa shape index (κ1) is 41.1. The van der Waals surface area contributed by atoms with Gasteiger partial charge in [-0.05, 0) is 94.6 Å². The second-order valence-electron chi connectivity index (χ2n) is 13.9. The van der Waals surface area contributed by atoms with Crippen LogP contribution in [0.1, 0.15) is 83.6 Å². The third kappa shape index (κ3) is 9.51. The molecule has 0 radical (unpaired) electrons. The molecule has 2 aromatic heterocycles. The predicted octanol–water partition coefficient (Wildman–Crippen LogP) is 6.11. The van der Waals surface area contributed by atoms with E-state index in [9.17, 15) is 0 Å². The van der Waals surface area contributed by atoms with E-state index in [1.165, 1.54) is 104 Å². The maximum atomic E-state index is 8.36. The molecule has 278 valence electrons. The van der Waals surface area contributed by atoms with Crippen molar-refractivity contribution in [3.05, 3.63) is 59.2 Å². The molecule has 0 bridgehead atoms. The van der Waals surface area contributed by atoms with Gasteiger partial charge in [-0.1, -0.05) is 47.3 Å². The van der Waals surface area contributed by atoms with Crippen LogP contribution in [0.5, 0.6) is 0 Å². The second-order valence-corrected chi connectivity index (χ2v) is 13.9.